The Morgan fingerprint density at radius 3 is 2.63 bits per heavy atom. The number of likely N-dealkylation sites (N-methyl/N-ethyl adjacent to an activating group) is 1. The van der Waals surface area contributed by atoms with Crippen LogP contribution in [0.1, 0.15) is 25.5 Å². The molecular weight excluding hydrogens is 238 g/mol. The van der Waals surface area contributed by atoms with Crippen LogP contribution in [-0.2, 0) is 9.53 Å². The summed E-state index contributed by atoms with van der Waals surface area (Å²) in [5.41, 5.74) is 0.971. The van der Waals surface area contributed by atoms with Crippen molar-refractivity contribution >= 4 is 16.7 Å². The van der Waals surface area contributed by atoms with Gasteiger partial charge < -0.3 is 10.1 Å². The van der Waals surface area contributed by atoms with Crippen LogP contribution < -0.4 is 5.32 Å². The molecule has 0 aliphatic heterocycles. The molecule has 1 N–H and O–H groups in total. The molecule has 100 valence electrons. The van der Waals surface area contributed by atoms with Gasteiger partial charge in [0.05, 0.1) is 6.61 Å². The van der Waals surface area contributed by atoms with Gasteiger partial charge in [-0.05, 0) is 29.8 Å². The van der Waals surface area contributed by atoms with Crippen molar-refractivity contribution in [3.05, 3.63) is 48.0 Å². The van der Waals surface area contributed by atoms with Crippen LogP contribution in [0, 0.1) is 0 Å². The third-order valence-corrected chi connectivity index (χ3v) is 3.06. The van der Waals surface area contributed by atoms with Crippen LogP contribution in [0.15, 0.2) is 42.5 Å². The lowest BCUT2D eigenvalue weighted by Crippen LogP contribution is -2.30. The van der Waals surface area contributed by atoms with E-state index in [1.807, 2.05) is 56.3 Å². The standard InChI is InChI=1S/C16H19NO2/c1-3-17-15(16(18)19-4-2)14-11-7-9-12-8-5-6-10-13(12)14/h5-11,15,17H,3-4H2,1-2H3. The van der Waals surface area contributed by atoms with Crippen LogP contribution in [0.5, 0.6) is 0 Å². The van der Waals surface area contributed by atoms with Gasteiger partial charge in [-0.15, -0.1) is 0 Å². The molecule has 0 saturated heterocycles. The minimum atomic E-state index is -0.406. The molecule has 2 aromatic rings. The number of rotatable bonds is 5. The number of esters is 1. The lowest BCUT2D eigenvalue weighted by Gasteiger charge is -2.18. The van der Waals surface area contributed by atoms with Crippen molar-refractivity contribution in [3.8, 4) is 0 Å². The van der Waals surface area contributed by atoms with Gasteiger partial charge in [-0.1, -0.05) is 49.4 Å². The number of carbonyl (C=O) groups is 1. The maximum atomic E-state index is 12.1. The molecule has 0 aliphatic rings. The molecule has 2 rings (SSSR count). The highest BCUT2D eigenvalue weighted by Crippen LogP contribution is 2.25. The van der Waals surface area contributed by atoms with E-state index in [1.165, 1.54) is 0 Å². The van der Waals surface area contributed by atoms with Crippen molar-refractivity contribution in [2.24, 2.45) is 0 Å². The zero-order valence-corrected chi connectivity index (χ0v) is 11.3. The van der Waals surface area contributed by atoms with Crippen LogP contribution in [0.3, 0.4) is 0 Å². The monoisotopic (exact) mass is 257 g/mol. The van der Waals surface area contributed by atoms with Gasteiger partial charge in [-0.25, -0.2) is 4.79 Å². The van der Waals surface area contributed by atoms with Gasteiger partial charge in [0.2, 0.25) is 0 Å². The molecule has 0 bridgehead atoms. The highest BCUT2D eigenvalue weighted by molar-refractivity contribution is 5.91. The van der Waals surface area contributed by atoms with Crippen LogP contribution >= 0.6 is 0 Å². The lowest BCUT2D eigenvalue weighted by molar-refractivity contribution is -0.145. The number of hydrogen-bond donors (Lipinski definition) is 1. The Hall–Kier alpha value is -1.87. The molecule has 3 nitrogen and oxygen atoms in total. The third-order valence-electron chi connectivity index (χ3n) is 3.06. The van der Waals surface area contributed by atoms with E-state index in [4.69, 9.17) is 4.74 Å². The average Bonchev–Trinajstić information content (AvgIpc) is 2.44. The van der Waals surface area contributed by atoms with Gasteiger partial charge in [-0.2, -0.15) is 0 Å². The van der Waals surface area contributed by atoms with Gasteiger partial charge in [0.1, 0.15) is 6.04 Å². The topological polar surface area (TPSA) is 38.3 Å². The number of carbonyl (C=O) groups excluding carboxylic acids is 1. The molecule has 0 amide bonds. The van der Waals surface area contributed by atoms with Gasteiger partial charge in [0, 0.05) is 0 Å². The van der Waals surface area contributed by atoms with E-state index in [1.54, 1.807) is 0 Å². The van der Waals surface area contributed by atoms with E-state index in [-0.39, 0.29) is 5.97 Å². The molecule has 0 aliphatic carbocycles. The fourth-order valence-electron chi connectivity index (χ4n) is 2.25. The average molecular weight is 257 g/mol. The first-order valence-electron chi connectivity index (χ1n) is 6.65. The van der Waals surface area contributed by atoms with E-state index in [0.29, 0.717) is 13.2 Å². The first-order valence-corrected chi connectivity index (χ1v) is 6.65. The molecule has 0 saturated carbocycles. The van der Waals surface area contributed by atoms with E-state index in [0.717, 1.165) is 16.3 Å². The summed E-state index contributed by atoms with van der Waals surface area (Å²) in [5, 5.41) is 5.42. The minimum absolute atomic E-state index is 0.222. The predicted molar refractivity (Wildman–Crippen MR) is 77.0 cm³/mol. The SMILES string of the molecule is CCNC(C(=O)OCC)c1cccc2ccccc12. The first kappa shape index (κ1) is 13.6. The Labute approximate surface area is 113 Å². The van der Waals surface area contributed by atoms with Gasteiger partial charge >= 0.3 is 5.97 Å². The number of hydrogen-bond acceptors (Lipinski definition) is 3. The maximum absolute atomic E-state index is 12.1. The Kier molecular flexibility index (Phi) is 4.53. The largest absolute Gasteiger partial charge is 0.465 e. The summed E-state index contributed by atoms with van der Waals surface area (Å²) >= 11 is 0. The zero-order chi connectivity index (χ0) is 13.7. The quantitative estimate of drug-likeness (QED) is 0.837. The number of benzene rings is 2. The van der Waals surface area contributed by atoms with E-state index < -0.39 is 6.04 Å². The van der Waals surface area contributed by atoms with E-state index in [9.17, 15) is 4.79 Å². The number of ether oxygens (including phenoxy) is 1. The Morgan fingerprint density at radius 2 is 1.89 bits per heavy atom. The molecule has 3 heteroatoms. The molecule has 0 fully saturated rings. The molecule has 1 atom stereocenters. The summed E-state index contributed by atoms with van der Waals surface area (Å²) in [5.74, 6) is -0.222. The molecule has 2 aromatic carbocycles. The summed E-state index contributed by atoms with van der Waals surface area (Å²) in [4.78, 5) is 12.1. The Morgan fingerprint density at radius 1 is 1.16 bits per heavy atom. The second kappa shape index (κ2) is 6.34. The molecule has 0 aromatic heterocycles. The van der Waals surface area contributed by atoms with Gasteiger partial charge in [-0.3, -0.25) is 0 Å². The van der Waals surface area contributed by atoms with Crippen molar-refractivity contribution in [2.75, 3.05) is 13.2 Å². The van der Waals surface area contributed by atoms with Crippen molar-refractivity contribution < 1.29 is 9.53 Å². The van der Waals surface area contributed by atoms with Crippen LogP contribution in [0.2, 0.25) is 0 Å². The van der Waals surface area contributed by atoms with Gasteiger partial charge in [0.15, 0.2) is 0 Å². The summed E-state index contributed by atoms with van der Waals surface area (Å²) in [6.45, 7) is 4.92. The van der Waals surface area contributed by atoms with Crippen molar-refractivity contribution in [1.82, 2.24) is 5.32 Å². The van der Waals surface area contributed by atoms with Crippen molar-refractivity contribution in [2.45, 2.75) is 19.9 Å². The van der Waals surface area contributed by atoms with Crippen molar-refractivity contribution in [3.63, 3.8) is 0 Å². The minimum Gasteiger partial charge on any atom is -0.465 e. The first-order chi connectivity index (χ1) is 9.27. The van der Waals surface area contributed by atoms with E-state index >= 15 is 0 Å². The Balaban J connectivity index is 2.46. The van der Waals surface area contributed by atoms with Gasteiger partial charge in [0.25, 0.3) is 0 Å². The summed E-state index contributed by atoms with van der Waals surface area (Å²) in [6.07, 6.45) is 0. The molecule has 1 unspecified atom stereocenters. The highest BCUT2D eigenvalue weighted by atomic mass is 16.5. The maximum Gasteiger partial charge on any atom is 0.327 e. The Bertz CT molecular complexity index is 560. The predicted octanol–water partition coefficient (Wildman–Crippen LogP) is 3.05. The number of fused-ring (bicyclic) bond motifs is 1. The third kappa shape index (κ3) is 2.93. The molecule has 0 radical (unpaired) electrons. The van der Waals surface area contributed by atoms with Crippen LogP contribution in [0.25, 0.3) is 10.8 Å². The zero-order valence-electron chi connectivity index (χ0n) is 11.3. The second-order valence-corrected chi connectivity index (χ2v) is 4.31. The summed E-state index contributed by atoms with van der Waals surface area (Å²) in [7, 11) is 0. The fourth-order valence-corrected chi connectivity index (χ4v) is 2.25. The fraction of sp³-hybridized carbons (Fsp3) is 0.312. The summed E-state index contributed by atoms with van der Waals surface area (Å²) < 4.78 is 5.16. The molecule has 0 spiro atoms. The number of nitrogens with one attached hydrogen (secondary N) is 1. The second-order valence-electron chi connectivity index (χ2n) is 4.31. The molecular formula is C16H19NO2. The molecule has 0 heterocycles. The van der Waals surface area contributed by atoms with E-state index in [2.05, 4.69) is 5.32 Å². The van der Waals surface area contributed by atoms with Crippen LogP contribution in [0.4, 0.5) is 0 Å². The lowest BCUT2D eigenvalue weighted by atomic mass is 9.98. The normalized spacial score (nSPS) is 12.3. The molecule has 19 heavy (non-hydrogen) atoms. The smallest absolute Gasteiger partial charge is 0.327 e. The van der Waals surface area contributed by atoms with Crippen LogP contribution in [-0.4, -0.2) is 19.1 Å². The van der Waals surface area contributed by atoms with Crippen molar-refractivity contribution in [1.29, 1.82) is 0 Å². The highest BCUT2D eigenvalue weighted by Gasteiger charge is 2.22. The summed E-state index contributed by atoms with van der Waals surface area (Å²) in [6, 6.07) is 13.7.